The zero-order valence-corrected chi connectivity index (χ0v) is 7.39. The molecule has 78 valence electrons. The highest BCUT2D eigenvalue weighted by Gasteiger charge is 2.14. The van der Waals surface area contributed by atoms with E-state index in [1.807, 2.05) is 0 Å². The van der Waals surface area contributed by atoms with Crippen LogP contribution in [-0.2, 0) is 0 Å². The van der Waals surface area contributed by atoms with Crippen LogP contribution < -0.4 is 5.73 Å². The van der Waals surface area contributed by atoms with E-state index in [1.54, 1.807) is 0 Å². The van der Waals surface area contributed by atoms with Crippen LogP contribution in [0.2, 0.25) is 0 Å². The first kappa shape index (κ1) is 9.57. The summed E-state index contributed by atoms with van der Waals surface area (Å²) in [4.78, 5) is 0. The van der Waals surface area contributed by atoms with Crippen LogP contribution in [0.15, 0.2) is 18.3 Å². The van der Waals surface area contributed by atoms with Gasteiger partial charge in [0, 0.05) is 11.6 Å². The maximum Gasteiger partial charge on any atom is 0.161 e. The third-order valence-corrected chi connectivity index (χ3v) is 1.95. The second kappa shape index (κ2) is 3.30. The Kier molecular flexibility index (Phi) is 2.11. The molecule has 0 atom stereocenters. The van der Waals surface area contributed by atoms with Crippen molar-refractivity contribution in [2.24, 2.45) is 0 Å². The summed E-state index contributed by atoms with van der Waals surface area (Å²) in [5.74, 6) is -3.28. The number of rotatable bonds is 1. The number of H-pyrrole nitrogens is 1. The van der Waals surface area contributed by atoms with Gasteiger partial charge >= 0.3 is 0 Å². The van der Waals surface area contributed by atoms with E-state index >= 15 is 0 Å². The highest BCUT2D eigenvalue weighted by Crippen LogP contribution is 2.27. The minimum absolute atomic E-state index is 0.131. The lowest BCUT2D eigenvalue weighted by molar-refractivity contribution is 0.496. The number of hydrogen-bond donors (Lipinski definition) is 2. The molecule has 15 heavy (non-hydrogen) atoms. The van der Waals surface area contributed by atoms with Gasteiger partial charge in [0.2, 0.25) is 0 Å². The molecule has 0 radical (unpaired) electrons. The lowest BCUT2D eigenvalue weighted by Gasteiger charge is -2.02. The molecule has 3 N–H and O–H groups in total. The SMILES string of the molecule is Nc1cn[nH]c1-c1cc(F)c(F)cc1F. The minimum atomic E-state index is -1.24. The molecule has 2 aromatic rings. The van der Waals surface area contributed by atoms with Crippen molar-refractivity contribution in [3.63, 3.8) is 0 Å². The van der Waals surface area contributed by atoms with Gasteiger partial charge in [0.25, 0.3) is 0 Å². The highest BCUT2D eigenvalue weighted by molar-refractivity contribution is 5.72. The summed E-state index contributed by atoms with van der Waals surface area (Å²) in [5, 5.41) is 5.96. The molecule has 0 unspecified atom stereocenters. The Morgan fingerprint density at radius 2 is 1.73 bits per heavy atom. The van der Waals surface area contributed by atoms with Crippen molar-refractivity contribution >= 4 is 5.69 Å². The predicted octanol–water partition coefficient (Wildman–Crippen LogP) is 2.08. The molecule has 1 aromatic carbocycles. The van der Waals surface area contributed by atoms with Crippen molar-refractivity contribution < 1.29 is 13.2 Å². The molecule has 6 heteroatoms. The van der Waals surface area contributed by atoms with Gasteiger partial charge in [-0.2, -0.15) is 5.10 Å². The van der Waals surface area contributed by atoms with E-state index in [0.717, 1.165) is 6.07 Å². The van der Waals surface area contributed by atoms with E-state index < -0.39 is 17.5 Å². The summed E-state index contributed by atoms with van der Waals surface area (Å²) in [6, 6.07) is 1.19. The number of hydrogen-bond acceptors (Lipinski definition) is 2. The van der Waals surface area contributed by atoms with Crippen LogP contribution in [0, 0.1) is 17.5 Å². The normalized spacial score (nSPS) is 10.6. The first-order chi connectivity index (χ1) is 7.09. The zero-order valence-electron chi connectivity index (χ0n) is 7.39. The maximum absolute atomic E-state index is 13.3. The number of nitrogens with two attached hydrogens (primary N) is 1. The van der Waals surface area contributed by atoms with Gasteiger partial charge in [-0.05, 0) is 6.07 Å². The average Bonchev–Trinajstić information content (AvgIpc) is 2.58. The van der Waals surface area contributed by atoms with Crippen LogP contribution in [0.1, 0.15) is 0 Å². The standard InChI is InChI=1S/C9H6F3N3/c10-5-2-7(12)6(11)1-4(5)9-8(13)3-14-15-9/h1-3H,13H2,(H,14,15). The molecule has 1 aromatic heterocycles. The number of aromatic amines is 1. The van der Waals surface area contributed by atoms with Gasteiger partial charge in [0.15, 0.2) is 11.6 Å². The smallest absolute Gasteiger partial charge is 0.161 e. The number of halogens is 3. The Bertz CT molecular complexity index is 507. The van der Waals surface area contributed by atoms with Crippen LogP contribution in [-0.4, -0.2) is 10.2 Å². The van der Waals surface area contributed by atoms with E-state index in [1.165, 1.54) is 6.20 Å². The number of benzene rings is 1. The quantitative estimate of drug-likeness (QED) is 0.712. The monoisotopic (exact) mass is 213 g/mol. The van der Waals surface area contributed by atoms with Crippen LogP contribution in [0.4, 0.5) is 18.9 Å². The molecule has 0 aliphatic heterocycles. The van der Waals surface area contributed by atoms with Crippen molar-refractivity contribution in [1.82, 2.24) is 10.2 Å². The molecule has 0 saturated carbocycles. The van der Waals surface area contributed by atoms with Crippen molar-refractivity contribution in [2.75, 3.05) is 5.73 Å². The average molecular weight is 213 g/mol. The molecular formula is C9H6F3N3. The van der Waals surface area contributed by atoms with Gasteiger partial charge in [-0.15, -0.1) is 0 Å². The summed E-state index contributed by atoms with van der Waals surface area (Å²) in [6.07, 6.45) is 1.26. The van der Waals surface area contributed by atoms with E-state index in [9.17, 15) is 13.2 Å². The number of nitrogens with zero attached hydrogens (tertiary/aromatic N) is 1. The Labute approximate surface area is 82.7 Å². The van der Waals surface area contributed by atoms with Crippen LogP contribution in [0.5, 0.6) is 0 Å². The topological polar surface area (TPSA) is 54.7 Å². The Morgan fingerprint density at radius 1 is 1.07 bits per heavy atom. The Balaban J connectivity index is 2.64. The zero-order chi connectivity index (χ0) is 11.0. The molecule has 0 aliphatic carbocycles. The summed E-state index contributed by atoms with van der Waals surface area (Å²) >= 11 is 0. The van der Waals surface area contributed by atoms with Gasteiger partial charge in [0.1, 0.15) is 5.82 Å². The van der Waals surface area contributed by atoms with E-state index in [0.29, 0.717) is 6.07 Å². The molecule has 0 amide bonds. The second-order valence-corrected chi connectivity index (χ2v) is 2.95. The van der Waals surface area contributed by atoms with Crippen molar-refractivity contribution in [3.05, 3.63) is 35.8 Å². The molecular weight excluding hydrogens is 207 g/mol. The third kappa shape index (κ3) is 1.54. The summed E-state index contributed by atoms with van der Waals surface area (Å²) in [7, 11) is 0. The van der Waals surface area contributed by atoms with Crippen molar-refractivity contribution in [1.29, 1.82) is 0 Å². The molecule has 0 fully saturated rings. The van der Waals surface area contributed by atoms with E-state index in [2.05, 4.69) is 10.2 Å². The van der Waals surface area contributed by atoms with E-state index in [4.69, 9.17) is 5.73 Å². The summed E-state index contributed by atoms with van der Waals surface area (Å²) < 4.78 is 38.8. The lowest BCUT2D eigenvalue weighted by Crippen LogP contribution is -1.94. The molecule has 0 spiro atoms. The van der Waals surface area contributed by atoms with Crippen molar-refractivity contribution in [2.45, 2.75) is 0 Å². The van der Waals surface area contributed by atoms with Gasteiger partial charge in [-0.1, -0.05) is 0 Å². The molecule has 2 rings (SSSR count). The molecule has 0 bridgehead atoms. The molecule has 0 aliphatic rings. The summed E-state index contributed by atoms with van der Waals surface area (Å²) in [5.41, 5.74) is 5.60. The van der Waals surface area contributed by atoms with Crippen molar-refractivity contribution in [3.8, 4) is 11.3 Å². The molecule has 3 nitrogen and oxygen atoms in total. The van der Waals surface area contributed by atoms with Crippen LogP contribution >= 0.6 is 0 Å². The second-order valence-electron chi connectivity index (χ2n) is 2.95. The number of nitrogen functional groups attached to an aromatic ring is 1. The predicted molar refractivity (Wildman–Crippen MR) is 48.3 cm³/mol. The largest absolute Gasteiger partial charge is 0.396 e. The van der Waals surface area contributed by atoms with Crippen LogP contribution in [0.3, 0.4) is 0 Å². The fourth-order valence-corrected chi connectivity index (χ4v) is 1.23. The van der Waals surface area contributed by atoms with E-state index in [-0.39, 0.29) is 16.9 Å². The van der Waals surface area contributed by atoms with Gasteiger partial charge in [-0.25, -0.2) is 13.2 Å². The van der Waals surface area contributed by atoms with Gasteiger partial charge < -0.3 is 5.73 Å². The Morgan fingerprint density at radius 3 is 2.33 bits per heavy atom. The fourth-order valence-electron chi connectivity index (χ4n) is 1.23. The third-order valence-electron chi connectivity index (χ3n) is 1.95. The highest BCUT2D eigenvalue weighted by atomic mass is 19.2. The lowest BCUT2D eigenvalue weighted by atomic mass is 10.1. The fraction of sp³-hybridized carbons (Fsp3) is 0. The number of anilines is 1. The Hall–Kier alpha value is -1.98. The number of aromatic nitrogens is 2. The molecule has 1 heterocycles. The van der Waals surface area contributed by atoms with Crippen LogP contribution in [0.25, 0.3) is 11.3 Å². The van der Waals surface area contributed by atoms with Gasteiger partial charge in [-0.3, -0.25) is 5.10 Å². The summed E-state index contributed by atoms with van der Waals surface area (Å²) in [6.45, 7) is 0. The number of nitrogens with one attached hydrogen (secondary N) is 1. The molecule has 0 saturated heterocycles. The maximum atomic E-state index is 13.3. The first-order valence-corrected chi connectivity index (χ1v) is 4.03. The van der Waals surface area contributed by atoms with Gasteiger partial charge in [0.05, 0.1) is 17.6 Å². The minimum Gasteiger partial charge on any atom is -0.396 e. The first-order valence-electron chi connectivity index (χ1n) is 4.03.